The van der Waals surface area contributed by atoms with E-state index < -0.39 is 0 Å². The van der Waals surface area contributed by atoms with Gasteiger partial charge < -0.3 is 14.8 Å². The molecule has 0 saturated carbocycles. The third-order valence-corrected chi connectivity index (χ3v) is 4.62. The minimum Gasteiger partial charge on any atom is -0.489 e. The molecule has 29 heavy (non-hydrogen) atoms. The Morgan fingerprint density at radius 2 is 1.72 bits per heavy atom. The topological polar surface area (TPSA) is 47.6 Å². The molecule has 3 aromatic rings. The Bertz CT molecular complexity index is 1000. The quantitative estimate of drug-likeness (QED) is 0.421. The van der Waals surface area contributed by atoms with Crippen molar-refractivity contribution in [1.82, 2.24) is 0 Å². The third kappa shape index (κ3) is 6.22. The third-order valence-electron chi connectivity index (χ3n) is 4.00. The molecule has 0 heterocycles. The molecule has 0 aromatic heterocycles. The van der Waals surface area contributed by atoms with Crippen LogP contribution >= 0.6 is 15.9 Å². The number of hydrogen-bond donors (Lipinski definition) is 1. The molecule has 0 aliphatic carbocycles. The summed E-state index contributed by atoms with van der Waals surface area (Å²) in [7, 11) is 0. The summed E-state index contributed by atoms with van der Waals surface area (Å²) in [5.74, 6) is 1.03. The van der Waals surface area contributed by atoms with Crippen LogP contribution < -0.4 is 14.8 Å². The SMILES string of the molecule is C=C(C)COc1cccc(NC(=O)COc2ccc(-c3ccccc3)cc2Br)c1. The highest BCUT2D eigenvalue weighted by Crippen LogP contribution is 2.30. The van der Waals surface area contributed by atoms with Crippen molar-refractivity contribution in [2.24, 2.45) is 0 Å². The lowest BCUT2D eigenvalue weighted by molar-refractivity contribution is -0.118. The average Bonchev–Trinajstić information content (AvgIpc) is 2.72. The fourth-order valence-electron chi connectivity index (χ4n) is 2.64. The Hall–Kier alpha value is -3.05. The van der Waals surface area contributed by atoms with Crippen molar-refractivity contribution >= 4 is 27.5 Å². The second-order valence-corrected chi connectivity index (χ2v) is 7.48. The van der Waals surface area contributed by atoms with Crippen molar-refractivity contribution < 1.29 is 14.3 Å². The summed E-state index contributed by atoms with van der Waals surface area (Å²) in [6.45, 7) is 6.05. The summed E-state index contributed by atoms with van der Waals surface area (Å²) in [5.41, 5.74) is 3.76. The van der Waals surface area contributed by atoms with Crippen LogP contribution in [0.25, 0.3) is 11.1 Å². The standard InChI is InChI=1S/C24H22BrNO3/c1-17(2)15-28-21-10-6-9-20(14-21)26-24(27)16-29-23-12-11-19(13-22(23)25)18-7-4-3-5-8-18/h3-14H,1,15-16H2,2H3,(H,26,27). The van der Waals surface area contributed by atoms with Crippen LogP contribution in [0, 0.1) is 0 Å². The van der Waals surface area contributed by atoms with E-state index in [1.54, 1.807) is 12.1 Å². The highest BCUT2D eigenvalue weighted by molar-refractivity contribution is 9.10. The van der Waals surface area contributed by atoms with Gasteiger partial charge in [0, 0.05) is 11.8 Å². The fourth-order valence-corrected chi connectivity index (χ4v) is 3.13. The van der Waals surface area contributed by atoms with E-state index in [-0.39, 0.29) is 12.5 Å². The normalized spacial score (nSPS) is 10.3. The molecule has 1 N–H and O–H groups in total. The molecule has 0 radical (unpaired) electrons. The first kappa shape index (κ1) is 20.7. The maximum Gasteiger partial charge on any atom is 0.262 e. The van der Waals surface area contributed by atoms with E-state index >= 15 is 0 Å². The van der Waals surface area contributed by atoms with Gasteiger partial charge in [0.2, 0.25) is 0 Å². The molecule has 0 fully saturated rings. The number of carbonyl (C=O) groups excluding carboxylic acids is 1. The lowest BCUT2D eigenvalue weighted by Gasteiger charge is -2.11. The van der Waals surface area contributed by atoms with E-state index in [2.05, 4.69) is 27.8 Å². The van der Waals surface area contributed by atoms with E-state index in [0.29, 0.717) is 23.8 Å². The molecule has 5 heteroatoms. The predicted molar refractivity (Wildman–Crippen MR) is 120 cm³/mol. The first-order chi connectivity index (χ1) is 14.0. The van der Waals surface area contributed by atoms with Gasteiger partial charge in [-0.15, -0.1) is 0 Å². The first-order valence-corrected chi connectivity index (χ1v) is 9.95. The van der Waals surface area contributed by atoms with Gasteiger partial charge in [0.25, 0.3) is 5.91 Å². The Morgan fingerprint density at radius 3 is 2.45 bits per heavy atom. The molecular weight excluding hydrogens is 430 g/mol. The summed E-state index contributed by atoms with van der Waals surface area (Å²) in [4.78, 5) is 12.3. The number of nitrogens with one attached hydrogen (secondary N) is 1. The van der Waals surface area contributed by atoms with Crippen molar-refractivity contribution in [1.29, 1.82) is 0 Å². The average molecular weight is 452 g/mol. The van der Waals surface area contributed by atoms with Crippen LogP contribution in [0.15, 0.2) is 89.4 Å². The summed E-state index contributed by atoms with van der Waals surface area (Å²) in [6.07, 6.45) is 0. The second-order valence-electron chi connectivity index (χ2n) is 6.62. The number of ether oxygens (including phenoxy) is 2. The van der Waals surface area contributed by atoms with E-state index in [4.69, 9.17) is 9.47 Å². The van der Waals surface area contributed by atoms with Gasteiger partial charge in [0.15, 0.2) is 6.61 Å². The molecular formula is C24H22BrNO3. The maximum atomic E-state index is 12.3. The zero-order valence-electron chi connectivity index (χ0n) is 16.2. The molecule has 3 rings (SSSR count). The van der Waals surface area contributed by atoms with Crippen LogP contribution in [0.1, 0.15) is 6.92 Å². The summed E-state index contributed by atoms with van der Waals surface area (Å²) < 4.78 is 12.1. The van der Waals surface area contributed by atoms with Crippen molar-refractivity contribution in [2.75, 3.05) is 18.5 Å². The van der Waals surface area contributed by atoms with Gasteiger partial charge in [-0.2, -0.15) is 0 Å². The minimum atomic E-state index is -0.249. The van der Waals surface area contributed by atoms with E-state index in [1.807, 2.05) is 67.6 Å². The van der Waals surface area contributed by atoms with Crippen LogP contribution in [0.5, 0.6) is 11.5 Å². The van der Waals surface area contributed by atoms with Gasteiger partial charge in [-0.05, 0) is 63.8 Å². The van der Waals surface area contributed by atoms with E-state index in [9.17, 15) is 4.79 Å². The van der Waals surface area contributed by atoms with Crippen LogP contribution in [0.3, 0.4) is 0 Å². The van der Waals surface area contributed by atoms with Crippen LogP contribution in [-0.2, 0) is 4.79 Å². The van der Waals surface area contributed by atoms with Crippen molar-refractivity contribution in [3.8, 4) is 22.6 Å². The molecule has 0 spiro atoms. The lowest BCUT2D eigenvalue weighted by Crippen LogP contribution is -2.20. The number of carbonyl (C=O) groups is 1. The second kappa shape index (κ2) is 9.94. The van der Waals surface area contributed by atoms with Gasteiger partial charge >= 0.3 is 0 Å². The predicted octanol–water partition coefficient (Wildman–Crippen LogP) is 6.09. The summed E-state index contributed by atoms with van der Waals surface area (Å²) >= 11 is 3.52. The monoisotopic (exact) mass is 451 g/mol. The van der Waals surface area contributed by atoms with Gasteiger partial charge in [0.1, 0.15) is 18.1 Å². The number of halogens is 1. The van der Waals surface area contributed by atoms with E-state index in [0.717, 1.165) is 21.2 Å². The lowest BCUT2D eigenvalue weighted by atomic mass is 10.1. The highest BCUT2D eigenvalue weighted by Gasteiger charge is 2.08. The van der Waals surface area contributed by atoms with Gasteiger partial charge in [0.05, 0.1) is 4.47 Å². The summed E-state index contributed by atoms with van der Waals surface area (Å²) in [6, 6.07) is 23.1. The number of benzene rings is 3. The highest BCUT2D eigenvalue weighted by atomic mass is 79.9. The van der Waals surface area contributed by atoms with Crippen molar-refractivity contribution in [2.45, 2.75) is 6.92 Å². The minimum absolute atomic E-state index is 0.0971. The first-order valence-electron chi connectivity index (χ1n) is 9.16. The molecule has 0 aliphatic rings. The molecule has 148 valence electrons. The number of rotatable bonds is 8. The number of hydrogen-bond acceptors (Lipinski definition) is 3. The van der Waals surface area contributed by atoms with Crippen LogP contribution in [0.4, 0.5) is 5.69 Å². The van der Waals surface area contributed by atoms with Crippen molar-refractivity contribution in [3.05, 3.63) is 89.4 Å². The molecule has 0 aliphatic heterocycles. The zero-order valence-corrected chi connectivity index (χ0v) is 17.7. The molecule has 4 nitrogen and oxygen atoms in total. The van der Waals surface area contributed by atoms with Gasteiger partial charge in [-0.3, -0.25) is 4.79 Å². The van der Waals surface area contributed by atoms with Crippen LogP contribution in [-0.4, -0.2) is 19.1 Å². The molecule has 0 atom stereocenters. The molecule has 3 aromatic carbocycles. The smallest absolute Gasteiger partial charge is 0.262 e. The Morgan fingerprint density at radius 1 is 0.931 bits per heavy atom. The number of anilines is 1. The van der Waals surface area contributed by atoms with Gasteiger partial charge in [-0.25, -0.2) is 0 Å². The zero-order chi connectivity index (χ0) is 20.6. The summed E-state index contributed by atoms with van der Waals surface area (Å²) in [5, 5.41) is 2.82. The molecule has 1 amide bonds. The maximum absolute atomic E-state index is 12.3. The Kier molecular flexibility index (Phi) is 7.09. The Labute approximate surface area is 179 Å². The fraction of sp³-hybridized carbons (Fsp3) is 0.125. The molecule has 0 unspecified atom stereocenters. The van der Waals surface area contributed by atoms with Gasteiger partial charge in [-0.1, -0.05) is 49.0 Å². The largest absolute Gasteiger partial charge is 0.489 e. The Balaban J connectivity index is 1.57. The molecule has 0 bridgehead atoms. The van der Waals surface area contributed by atoms with Crippen molar-refractivity contribution in [3.63, 3.8) is 0 Å². The number of amides is 1. The van der Waals surface area contributed by atoms with Crippen LogP contribution in [0.2, 0.25) is 0 Å². The van der Waals surface area contributed by atoms with E-state index in [1.165, 1.54) is 0 Å². The molecule has 0 saturated heterocycles.